The molecule has 0 radical (unpaired) electrons. The number of pyridine rings is 1. The maximum absolute atomic E-state index is 13.5. The fourth-order valence-electron chi connectivity index (χ4n) is 3.53. The first-order valence-corrected chi connectivity index (χ1v) is 13.5. The van der Waals surface area contributed by atoms with E-state index in [2.05, 4.69) is 9.71 Å². The molecule has 0 aliphatic heterocycles. The summed E-state index contributed by atoms with van der Waals surface area (Å²) >= 11 is 0. The Morgan fingerprint density at radius 3 is 2.39 bits per heavy atom. The van der Waals surface area contributed by atoms with E-state index in [0.717, 1.165) is 19.1 Å². The Morgan fingerprint density at radius 1 is 1.03 bits per heavy atom. The van der Waals surface area contributed by atoms with E-state index in [1.54, 1.807) is 36.5 Å². The summed E-state index contributed by atoms with van der Waals surface area (Å²) < 4.78 is 58.6. The molecule has 1 aliphatic carbocycles. The monoisotopic (exact) mass is 486 g/mol. The van der Waals surface area contributed by atoms with E-state index in [1.807, 2.05) is 0 Å². The summed E-state index contributed by atoms with van der Waals surface area (Å²) in [5.41, 5.74) is 1.68. The fourth-order valence-corrected chi connectivity index (χ4v) is 5.57. The van der Waals surface area contributed by atoms with Crippen molar-refractivity contribution in [2.24, 2.45) is 0 Å². The topological polar surface area (TPSA) is 119 Å². The van der Waals surface area contributed by atoms with Crippen molar-refractivity contribution in [1.29, 1.82) is 0 Å². The molecule has 0 amide bonds. The van der Waals surface area contributed by atoms with Gasteiger partial charge in [-0.25, -0.2) is 21.6 Å². The van der Waals surface area contributed by atoms with Gasteiger partial charge in [0, 0.05) is 18.0 Å². The minimum Gasteiger partial charge on any atom is -0.465 e. The minimum absolute atomic E-state index is 0.0365. The van der Waals surface area contributed by atoms with E-state index in [1.165, 1.54) is 31.4 Å². The minimum atomic E-state index is -4.19. The third kappa shape index (κ3) is 4.91. The number of aromatic nitrogens is 1. The van der Waals surface area contributed by atoms with E-state index < -0.39 is 25.8 Å². The molecule has 0 bridgehead atoms. The lowest BCUT2D eigenvalue weighted by Gasteiger charge is -2.16. The molecule has 10 heteroatoms. The molecule has 1 aliphatic rings. The van der Waals surface area contributed by atoms with Gasteiger partial charge in [0.15, 0.2) is 9.84 Å². The van der Waals surface area contributed by atoms with Gasteiger partial charge < -0.3 is 4.74 Å². The SMILES string of the molecule is COC(=O)c1ccc(C2CC2)c(S(=O)(=O)Nc2cc(S(C)(=O)=O)ccc2-c2ccccn2)c1. The van der Waals surface area contributed by atoms with Gasteiger partial charge in [-0.1, -0.05) is 12.1 Å². The van der Waals surface area contributed by atoms with Crippen LogP contribution in [0.15, 0.2) is 70.6 Å². The van der Waals surface area contributed by atoms with Gasteiger partial charge in [0.25, 0.3) is 10.0 Å². The predicted molar refractivity (Wildman–Crippen MR) is 123 cm³/mol. The van der Waals surface area contributed by atoms with Crippen molar-refractivity contribution in [1.82, 2.24) is 4.98 Å². The van der Waals surface area contributed by atoms with Crippen LogP contribution in [-0.2, 0) is 24.6 Å². The lowest BCUT2D eigenvalue weighted by molar-refractivity contribution is 0.0600. The van der Waals surface area contributed by atoms with Gasteiger partial charge in [-0.15, -0.1) is 0 Å². The van der Waals surface area contributed by atoms with Gasteiger partial charge in [0.2, 0.25) is 0 Å². The van der Waals surface area contributed by atoms with Gasteiger partial charge in [0.1, 0.15) is 0 Å². The van der Waals surface area contributed by atoms with Crippen LogP contribution in [0.25, 0.3) is 11.3 Å². The number of methoxy groups -OCH3 is 1. The highest BCUT2D eigenvalue weighted by Gasteiger charge is 2.32. The third-order valence-electron chi connectivity index (χ3n) is 5.35. The van der Waals surface area contributed by atoms with E-state index in [-0.39, 0.29) is 27.0 Å². The molecule has 0 saturated heterocycles. The third-order valence-corrected chi connectivity index (χ3v) is 7.88. The second kappa shape index (κ2) is 8.60. The van der Waals surface area contributed by atoms with Crippen molar-refractivity contribution in [3.63, 3.8) is 0 Å². The summed E-state index contributed by atoms with van der Waals surface area (Å²) in [7, 11) is -6.56. The zero-order valence-corrected chi connectivity index (χ0v) is 19.6. The van der Waals surface area contributed by atoms with Crippen LogP contribution in [0.1, 0.15) is 34.7 Å². The summed E-state index contributed by atoms with van der Waals surface area (Å²) in [6.07, 6.45) is 4.31. The van der Waals surface area contributed by atoms with Gasteiger partial charge in [-0.2, -0.15) is 0 Å². The number of sulfonamides is 1. The van der Waals surface area contributed by atoms with E-state index >= 15 is 0 Å². The number of benzene rings is 2. The number of ether oxygens (including phenoxy) is 1. The van der Waals surface area contributed by atoms with Crippen molar-refractivity contribution in [2.45, 2.75) is 28.6 Å². The first kappa shape index (κ1) is 22.9. The maximum atomic E-state index is 13.5. The van der Waals surface area contributed by atoms with Crippen LogP contribution in [0.2, 0.25) is 0 Å². The largest absolute Gasteiger partial charge is 0.465 e. The number of rotatable bonds is 7. The number of nitrogens with one attached hydrogen (secondary N) is 1. The number of hydrogen-bond donors (Lipinski definition) is 1. The molecule has 3 aromatic rings. The van der Waals surface area contributed by atoms with Gasteiger partial charge >= 0.3 is 5.97 Å². The average molecular weight is 487 g/mol. The van der Waals surface area contributed by atoms with E-state index in [0.29, 0.717) is 16.8 Å². The Labute approximate surface area is 192 Å². The molecule has 1 heterocycles. The number of carbonyl (C=O) groups excluding carboxylic acids is 1. The molecule has 0 spiro atoms. The predicted octanol–water partition coefficient (Wildman–Crippen LogP) is 3.62. The Morgan fingerprint density at radius 2 is 1.79 bits per heavy atom. The molecule has 172 valence electrons. The number of esters is 1. The molecular formula is C23H22N2O6S2. The van der Waals surface area contributed by atoms with Crippen LogP contribution >= 0.6 is 0 Å². The lowest BCUT2D eigenvalue weighted by Crippen LogP contribution is -2.17. The summed E-state index contributed by atoms with van der Waals surface area (Å²) in [6.45, 7) is 0. The fraction of sp³-hybridized carbons (Fsp3) is 0.217. The Kier molecular flexibility index (Phi) is 5.98. The van der Waals surface area contributed by atoms with Crippen molar-refractivity contribution < 1.29 is 26.4 Å². The number of sulfone groups is 1. The molecule has 4 rings (SSSR count). The first-order chi connectivity index (χ1) is 15.6. The number of anilines is 1. The van der Waals surface area contributed by atoms with Crippen molar-refractivity contribution in [2.75, 3.05) is 18.1 Å². The number of hydrogen-bond acceptors (Lipinski definition) is 7. The molecule has 8 nitrogen and oxygen atoms in total. The molecular weight excluding hydrogens is 464 g/mol. The number of nitrogens with zero attached hydrogens (tertiary/aromatic N) is 1. The molecule has 33 heavy (non-hydrogen) atoms. The van der Waals surface area contributed by atoms with Crippen LogP contribution in [0.5, 0.6) is 0 Å². The molecule has 2 aromatic carbocycles. The van der Waals surface area contributed by atoms with Crippen molar-refractivity contribution >= 4 is 31.5 Å². The highest BCUT2D eigenvalue weighted by Crippen LogP contribution is 2.43. The van der Waals surface area contributed by atoms with E-state index in [4.69, 9.17) is 4.74 Å². The average Bonchev–Trinajstić information content (AvgIpc) is 3.63. The Balaban J connectivity index is 1.85. The van der Waals surface area contributed by atoms with Crippen LogP contribution < -0.4 is 4.72 Å². The molecule has 0 atom stereocenters. The molecule has 0 unspecified atom stereocenters. The quantitative estimate of drug-likeness (QED) is 0.507. The normalized spacial score (nSPS) is 14.0. The Bertz CT molecular complexity index is 1430. The van der Waals surface area contributed by atoms with E-state index in [9.17, 15) is 21.6 Å². The second-order valence-electron chi connectivity index (χ2n) is 7.82. The van der Waals surface area contributed by atoms with Crippen molar-refractivity contribution in [3.05, 3.63) is 71.9 Å². The van der Waals surface area contributed by atoms with Gasteiger partial charge in [0.05, 0.1) is 33.8 Å². The Hall–Kier alpha value is -3.24. The van der Waals surface area contributed by atoms with Crippen LogP contribution in [0, 0.1) is 0 Å². The molecule has 1 aromatic heterocycles. The van der Waals surface area contributed by atoms with Crippen LogP contribution in [0.3, 0.4) is 0 Å². The smallest absolute Gasteiger partial charge is 0.337 e. The van der Waals surface area contributed by atoms with Gasteiger partial charge in [-0.05, 0) is 66.8 Å². The number of carbonyl (C=O) groups is 1. The summed E-state index contributed by atoms with van der Waals surface area (Å²) in [5.74, 6) is -0.567. The highest BCUT2D eigenvalue weighted by atomic mass is 32.2. The molecule has 1 saturated carbocycles. The summed E-state index contributed by atoms with van der Waals surface area (Å²) in [6, 6.07) is 13.8. The molecule has 1 fully saturated rings. The summed E-state index contributed by atoms with van der Waals surface area (Å²) in [5, 5.41) is 0. The van der Waals surface area contributed by atoms with Crippen molar-refractivity contribution in [3.8, 4) is 11.3 Å². The van der Waals surface area contributed by atoms with Crippen LogP contribution in [0.4, 0.5) is 5.69 Å². The summed E-state index contributed by atoms with van der Waals surface area (Å²) in [4.78, 5) is 16.2. The zero-order chi connectivity index (χ0) is 23.8. The standard InChI is InChI=1S/C23H22N2O6S2/c1-31-23(26)16-8-10-18(15-6-7-15)22(13-16)33(29,30)25-21-14-17(32(2,27)28)9-11-19(21)20-5-3-4-12-24-20/h3-5,8-15,25H,6-7H2,1-2H3. The van der Waals surface area contributed by atoms with Gasteiger partial charge in [-0.3, -0.25) is 9.71 Å². The highest BCUT2D eigenvalue weighted by molar-refractivity contribution is 7.92. The lowest BCUT2D eigenvalue weighted by atomic mass is 10.1. The van der Waals surface area contributed by atoms with Crippen LogP contribution in [-0.4, -0.2) is 41.2 Å². The maximum Gasteiger partial charge on any atom is 0.337 e. The second-order valence-corrected chi connectivity index (χ2v) is 11.5. The molecule has 1 N–H and O–H groups in total. The first-order valence-electron chi connectivity index (χ1n) is 10.1. The zero-order valence-electron chi connectivity index (χ0n) is 18.0.